The zero-order valence-electron chi connectivity index (χ0n) is 8.82. The van der Waals surface area contributed by atoms with Gasteiger partial charge in [-0.25, -0.2) is 0 Å². The molecule has 0 aromatic carbocycles. The van der Waals surface area contributed by atoms with Crippen molar-refractivity contribution in [2.24, 2.45) is 11.1 Å². The Hall–Kier alpha value is -1.09. The maximum absolute atomic E-state index is 6.00. The number of pyridine rings is 1. The van der Waals surface area contributed by atoms with Gasteiger partial charge in [-0.2, -0.15) is 0 Å². The molecule has 0 amide bonds. The van der Waals surface area contributed by atoms with E-state index in [9.17, 15) is 0 Å². The van der Waals surface area contributed by atoms with Crippen LogP contribution in [0.3, 0.4) is 0 Å². The molecule has 0 radical (unpaired) electrons. The minimum Gasteiger partial charge on any atom is -0.495 e. The van der Waals surface area contributed by atoms with E-state index in [1.54, 1.807) is 13.3 Å². The lowest BCUT2D eigenvalue weighted by atomic mass is 10.1. The number of aromatic nitrogens is 1. The molecule has 2 rings (SSSR count). The van der Waals surface area contributed by atoms with Gasteiger partial charge in [0.05, 0.1) is 12.8 Å². The Labute approximate surface area is 84.3 Å². The lowest BCUT2D eigenvalue weighted by Crippen LogP contribution is -2.06. The smallest absolute Gasteiger partial charge is 0.140 e. The maximum atomic E-state index is 6.00. The minimum atomic E-state index is 0.154. The van der Waals surface area contributed by atoms with Crippen LogP contribution in [0.2, 0.25) is 0 Å². The number of hydrogen-bond donors (Lipinski definition) is 1. The molecule has 1 saturated carbocycles. The lowest BCUT2D eigenvalue weighted by molar-refractivity contribution is 0.404. The van der Waals surface area contributed by atoms with Crippen LogP contribution in [0.5, 0.6) is 5.75 Å². The third kappa shape index (κ3) is 1.20. The van der Waals surface area contributed by atoms with Gasteiger partial charge in [-0.1, -0.05) is 13.8 Å². The number of rotatable bonds is 2. The molecule has 2 N–H and O–H groups in total. The highest BCUT2D eigenvalue weighted by molar-refractivity contribution is 5.39. The number of nitrogens with zero attached hydrogens (tertiary/aromatic N) is 1. The molecule has 3 heteroatoms. The van der Waals surface area contributed by atoms with E-state index in [0.717, 1.165) is 11.4 Å². The number of methoxy groups -OCH3 is 1. The third-order valence-electron chi connectivity index (χ3n) is 3.22. The van der Waals surface area contributed by atoms with Gasteiger partial charge >= 0.3 is 0 Å². The summed E-state index contributed by atoms with van der Waals surface area (Å²) in [4.78, 5) is 4.35. The molecule has 1 aromatic rings. The Morgan fingerprint density at radius 2 is 2.14 bits per heavy atom. The summed E-state index contributed by atoms with van der Waals surface area (Å²) in [5.41, 5.74) is 7.15. The summed E-state index contributed by atoms with van der Waals surface area (Å²) in [7, 11) is 1.67. The van der Waals surface area contributed by atoms with Crippen molar-refractivity contribution in [2.75, 3.05) is 7.11 Å². The van der Waals surface area contributed by atoms with E-state index in [-0.39, 0.29) is 11.5 Å². The Balaban J connectivity index is 2.34. The molecular weight excluding hydrogens is 176 g/mol. The summed E-state index contributed by atoms with van der Waals surface area (Å²) < 4.78 is 5.27. The summed E-state index contributed by atoms with van der Waals surface area (Å²) in [6.07, 6.45) is 1.79. The van der Waals surface area contributed by atoms with Crippen molar-refractivity contribution in [3.05, 3.63) is 24.0 Å². The van der Waals surface area contributed by atoms with Crippen LogP contribution < -0.4 is 10.5 Å². The van der Waals surface area contributed by atoms with Gasteiger partial charge in [0.15, 0.2) is 0 Å². The fourth-order valence-electron chi connectivity index (χ4n) is 2.01. The van der Waals surface area contributed by atoms with Crippen LogP contribution in [-0.4, -0.2) is 18.1 Å². The van der Waals surface area contributed by atoms with Gasteiger partial charge in [-0.3, -0.25) is 4.98 Å². The normalized spacial score (nSPS) is 28.6. The van der Waals surface area contributed by atoms with E-state index in [0.29, 0.717) is 5.92 Å². The van der Waals surface area contributed by atoms with Crippen molar-refractivity contribution in [3.63, 3.8) is 0 Å². The van der Waals surface area contributed by atoms with Gasteiger partial charge in [0, 0.05) is 18.2 Å². The third-order valence-corrected chi connectivity index (χ3v) is 3.22. The Morgan fingerprint density at radius 3 is 2.64 bits per heavy atom. The average molecular weight is 192 g/mol. The van der Waals surface area contributed by atoms with Gasteiger partial charge in [0.2, 0.25) is 0 Å². The molecule has 76 valence electrons. The van der Waals surface area contributed by atoms with E-state index >= 15 is 0 Å². The van der Waals surface area contributed by atoms with Gasteiger partial charge in [-0.15, -0.1) is 0 Å². The topological polar surface area (TPSA) is 48.1 Å². The van der Waals surface area contributed by atoms with Gasteiger partial charge in [0.1, 0.15) is 5.75 Å². The number of ether oxygens (including phenoxy) is 1. The monoisotopic (exact) mass is 192 g/mol. The molecule has 1 aliphatic carbocycles. The van der Waals surface area contributed by atoms with E-state index in [1.807, 2.05) is 12.1 Å². The van der Waals surface area contributed by atoms with Crippen LogP contribution in [0.25, 0.3) is 0 Å². The predicted molar refractivity (Wildman–Crippen MR) is 55.3 cm³/mol. The minimum absolute atomic E-state index is 0.154. The summed E-state index contributed by atoms with van der Waals surface area (Å²) in [6, 6.07) is 4.01. The number of nitrogens with two attached hydrogens (primary N) is 1. The summed E-state index contributed by atoms with van der Waals surface area (Å²) >= 11 is 0. The van der Waals surface area contributed by atoms with Crippen molar-refractivity contribution in [3.8, 4) is 5.75 Å². The molecule has 1 aliphatic rings. The summed E-state index contributed by atoms with van der Waals surface area (Å²) in [6.45, 7) is 4.33. The molecule has 1 aromatic heterocycles. The SMILES string of the molecule is COc1cccnc1[C@@H]1[C@@H](N)C1(C)C. The number of hydrogen-bond acceptors (Lipinski definition) is 3. The molecule has 1 fully saturated rings. The second-order valence-corrected chi connectivity index (χ2v) is 4.42. The second kappa shape index (κ2) is 2.95. The van der Waals surface area contributed by atoms with Crippen molar-refractivity contribution in [1.29, 1.82) is 0 Å². The van der Waals surface area contributed by atoms with E-state index in [2.05, 4.69) is 18.8 Å². The quantitative estimate of drug-likeness (QED) is 0.773. The zero-order valence-corrected chi connectivity index (χ0v) is 8.82. The summed E-state index contributed by atoms with van der Waals surface area (Å²) in [5, 5.41) is 0. The van der Waals surface area contributed by atoms with E-state index in [1.165, 1.54) is 0 Å². The van der Waals surface area contributed by atoms with Crippen molar-refractivity contribution in [1.82, 2.24) is 4.98 Å². The molecule has 14 heavy (non-hydrogen) atoms. The first-order valence-corrected chi connectivity index (χ1v) is 4.83. The van der Waals surface area contributed by atoms with Crippen LogP contribution in [0, 0.1) is 5.41 Å². The molecule has 0 saturated heterocycles. The highest BCUT2D eigenvalue weighted by Crippen LogP contribution is 2.58. The van der Waals surface area contributed by atoms with Crippen LogP contribution in [-0.2, 0) is 0 Å². The predicted octanol–water partition coefficient (Wildman–Crippen LogP) is 1.54. The van der Waals surface area contributed by atoms with E-state index in [4.69, 9.17) is 10.5 Å². The zero-order chi connectivity index (χ0) is 10.3. The Bertz CT molecular complexity index is 349. The van der Waals surface area contributed by atoms with Gasteiger partial charge in [-0.05, 0) is 17.5 Å². The Morgan fingerprint density at radius 1 is 1.50 bits per heavy atom. The molecule has 1 heterocycles. The fraction of sp³-hybridized carbons (Fsp3) is 0.545. The van der Waals surface area contributed by atoms with Gasteiger partial charge in [0.25, 0.3) is 0 Å². The van der Waals surface area contributed by atoms with Crippen LogP contribution in [0.15, 0.2) is 18.3 Å². The largest absolute Gasteiger partial charge is 0.495 e. The molecular formula is C11H16N2O. The van der Waals surface area contributed by atoms with Crippen LogP contribution in [0.4, 0.5) is 0 Å². The first-order valence-electron chi connectivity index (χ1n) is 4.83. The van der Waals surface area contributed by atoms with Crippen molar-refractivity contribution in [2.45, 2.75) is 25.8 Å². The van der Waals surface area contributed by atoms with Crippen LogP contribution >= 0.6 is 0 Å². The standard InChI is InChI=1S/C11H16N2O/c1-11(2)8(10(11)12)9-7(14-3)5-4-6-13-9/h4-6,8,10H,12H2,1-3H3/t8-,10-/m1/s1. The van der Waals surface area contributed by atoms with Gasteiger partial charge < -0.3 is 10.5 Å². The fourth-order valence-corrected chi connectivity index (χ4v) is 2.01. The summed E-state index contributed by atoms with van der Waals surface area (Å²) in [5.74, 6) is 1.18. The lowest BCUT2D eigenvalue weighted by Gasteiger charge is -2.07. The molecule has 0 bridgehead atoms. The second-order valence-electron chi connectivity index (χ2n) is 4.42. The highest BCUT2D eigenvalue weighted by atomic mass is 16.5. The average Bonchev–Trinajstić information content (AvgIpc) is 2.66. The molecule has 0 aliphatic heterocycles. The van der Waals surface area contributed by atoms with Crippen molar-refractivity contribution >= 4 is 0 Å². The first kappa shape index (κ1) is 9.46. The first-order chi connectivity index (χ1) is 6.59. The van der Waals surface area contributed by atoms with E-state index < -0.39 is 0 Å². The highest BCUT2D eigenvalue weighted by Gasteiger charge is 2.58. The Kier molecular flexibility index (Phi) is 2.00. The maximum Gasteiger partial charge on any atom is 0.140 e. The molecule has 2 atom stereocenters. The molecule has 0 unspecified atom stereocenters. The molecule has 3 nitrogen and oxygen atoms in total. The van der Waals surface area contributed by atoms with Crippen LogP contribution in [0.1, 0.15) is 25.5 Å². The van der Waals surface area contributed by atoms with Crippen molar-refractivity contribution < 1.29 is 4.74 Å². The molecule has 0 spiro atoms.